The van der Waals surface area contributed by atoms with E-state index in [0.717, 1.165) is 25.8 Å². The van der Waals surface area contributed by atoms with Gasteiger partial charge in [0.1, 0.15) is 5.54 Å². The van der Waals surface area contributed by atoms with E-state index in [0.29, 0.717) is 5.41 Å². The molecule has 1 atom stereocenters. The molecule has 2 aliphatic rings. The number of ether oxygens (including phenoxy) is 1. The van der Waals surface area contributed by atoms with Gasteiger partial charge in [0.25, 0.3) is 0 Å². The minimum absolute atomic E-state index is 0.0558. The van der Waals surface area contributed by atoms with Crippen molar-refractivity contribution < 1.29 is 9.53 Å². The number of hydrogen-bond donors (Lipinski definition) is 1. The van der Waals surface area contributed by atoms with E-state index in [1.54, 1.807) is 0 Å². The number of carbonyl (C=O) groups is 1. The Morgan fingerprint density at radius 1 is 1.40 bits per heavy atom. The molecule has 3 nitrogen and oxygen atoms in total. The number of methoxy groups -OCH3 is 1. The summed E-state index contributed by atoms with van der Waals surface area (Å²) in [5.41, 5.74) is 0.0762. The van der Waals surface area contributed by atoms with Crippen molar-refractivity contribution in [3.8, 4) is 0 Å². The van der Waals surface area contributed by atoms with Crippen LogP contribution in [0.25, 0.3) is 0 Å². The summed E-state index contributed by atoms with van der Waals surface area (Å²) in [5.74, 6) is -0.0558. The summed E-state index contributed by atoms with van der Waals surface area (Å²) in [4.78, 5) is 11.9. The largest absolute Gasteiger partial charge is 0.468 e. The topological polar surface area (TPSA) is 38.3 Å². The minimum Gasteiger partial charge on any atom is -0.468 e. The van der Waals surface area contributed by atoms with E-state index < -0.39 is 0 Å². The van der Waals surface area contributed by atoms with Gasteiger partial charge in [-0.05, 0) is 44.1 Å². The smallest absolute Gasteiger partial charge is 0.326 e. The maximum absolute atomic E-state index is 11.9. The molecule has 1 aliphatic heterocycles. The lowest BCUT2D eigenvalue weighted by Gasteiger charge is -2.30. The molecule has 1 aliphatic carbocycles. The van der Waals surface area contributed by atoms with Crippen LogP contribution in [0.3, 0.4) is 0 Å². The van der Waals surface area contributed by atoms with Gasteiger partial charge in [-0.25, -0.2) is 0 Å². The minimum atomic E-state index is -0.360. The van der Waals surface area contributed by atoms with Crippen LogP contribution in [0.1, 0.15) is 45.4 Å². The zero-order valence-corrected chi connectivity index (χ0v) is 9.77. The summed E-state index contributed by atoms with van der Waals surface area (Å²) in [6.07, 6.45) is 6.76. The molecule has 15 heavy (non-hydrogen) atoms. The number of rotatable bonds is 4. The zero-order chi connectivity index (χ0) is 10.9. The van der Waals surface area contributed by atoms with Crippen molar-refractivity contribution >= 4 is 5.97 Å². The van der Waals surface area contributed by atoms with Crippen molar-refractivity contribution in [3.63, 3.8) is 0 Å². The molecular weight excluding hydrogens is 190 g/mol. The Labute approximate surface area is 91.6 Å². The van der Waals surface area contributed by atoms with Gasteiger partial charge in [-0.15, -0.1) is 0 Å². The first-order chi connectivity index (χ1) is 7.16. The fraction of sp³-hybridized carbons (Fsp3) is 0.917. The maximum atomic E-state index is 11.9. The average Bonchev–Trinajstić information content (AvgIpc) is 2.87. The highest BCUT2D eigenvalue weighted by atomic mass is 16.5. The van der Waals surface area contributed by atoms with Crippen LogP contribution >= 0.6 is 0 Å². The lowest BCUT2D eigenvalue weighted by molar-refractivity contribution is -0.149. The second-order valence-electron chi connectivity index (χ2n) is 5.13. The van der Waals surface area contributed by atoms with Gasteiger partial charge < -0.3 is 10.1 Å². The Morgan fingerprint density at radius 3 is 2.53 bits per heavy atom. The molecule has 2 rings (SSSR count). The van der Waals surface area contributed by atoms with Gasteiger partial charge in [0.2, 0.25) is 0 Å². The second kappa shape index (κ2) is 3.78. The van der Waals surface area contributed by atoms with Gasteiger partial charge in [0.05, 0.1) is 7.11 Å². The normalized spacial score (nSPS) is 32.7. The van der Waals surface area contributed by atoms with Gasteiger partial charge in [-0.1, -0.05) is 13.3 Å². The van der Waals surface area contributed by atoms with Crippen LogP contribution in [0, 0.1) is 5.41 Å². The maximum Gasteiger partial charge on any atom is 0.326 e. The standard InChI is InChI=1S/C12H21NO2/c1-3-11(6-7-11)9-12(10(14)15-2)5-4-8-13-12/h13H,3-9H2,1-2H3. The Hall–Kier alpha value is -0.570. The molecule has 0 radical (unpaired) electrons. The molecule has 0 aromatic carbocycles. The predicted molar refractivity (Wildman–Crippen MR) is 58.6 cm³/mol. The lowest BCUT2D eigenvalue weighted by atomic mass is 9.82. The third kappa shape index (κ3) is 1.89. The predicted octanol–water partition coefficient (Wildman–Crippen LogP) is 1.86. The highest BCUT2D eigenvalue weighted by Crippen LogP contribution is 2.55. The molecule has 0 aromatic heterocycles. The van der Waals surface area contributed by atoms with Crippen molar-refractivity contribution in [2.24, 2.45) is 5.41 Å². The van der Waals surface area contributed by atoms with Crippen LogP contribution in [0.15, 0.2) is 0 Å². The molecule has 1 heterocycles. The lowest BCUT2D eigenvalue weighted by Crippen LogP contribution is -2.50. The van der Waals surface area contributed by atoms with Crippen molar-refractivity contribution in [1.82, 2.24) is 5.32 Å². The highest BCUT2D eigenvalue weighted by Gasteiger charge is 2.52. The first-order valence-corrected chi connectivity index (χ1v) is 6.00. The fourth-order valence-electron chi connectivity index (χ4n) is 2.87. The second-order valence-corrected chi connectivity index (χ2v) is 5.13. The van der Waals surface area contributed by atoms with Crippen molar-refractivity contribution in [1.29, 1.82) is 0 Å². The molecule has 1 saturated heterocycles. The van der Waals surface area contributed by atoms with E-state index in [2.05, 4.69) is 12.2 Å². The van der Waals surface area contributed by atoms with Gasteiger partial charge in [-0.2, -0.15) is 0 Å². The molecule has 2 fully saturated rings. The monoisotopic (exact) mass is 211 g/mol. The molecular formula is C12H21NO2. The molecule has 0 amide bonds. The third-order valence-electron chi connectivity index (χ3n) is 4.20. The molecule has 1 N–H and O–H groups in total. The average molecular weight is 211 g/mol. The van der Waals surface area contributed by atoms with Crippen LogP contribution in [-0.2, 0) is 9.53 Å². The summed E-state index contributed by atoms with van der Waals surface area (Å²) >= 11 is 0. The number of esters is 1. The number of hydrogen-bond acceptors (Lipinski definition) is 3. The third-order valence-corrected chi connectivity index (χ3v) is 4.20. The van der Waals surface area contributed by atoms with E-state index in [1.807, 2.05) is 0 Å². The quantitative estimate of drug-likeness (QED) is 0.721. The van der Waals surface area contributed by atoms with Crippen LogP contribution in [0.5, 0.6) is 0 Å². The van der Waals surface area contributed by atoms with Crippen LogP contribution in [0.2, 0.25) is 0 Å². The SMILES string of the molecule is CCC1(CC2(C(=O)OC)CCCN2)CC1. The van der Waals surface area contributed by atoms with Crippen molar-refractivity contribution in [2.75, 3.05) is 13.7 Å². The van der Waals surface area contributed by atoms with E-state index in [-0.39, 0.29) is 11.5 Å². The van der Waals surface area contributed by atoms with E-state index >= 15 is 0 Å². The van der Waals surface area contributed by atoms with Crippen LogP contribution in [-0.4, -0.2) is 25.2 Å². The highest BCUT2D eigenvalue weighted by molar-refractivity contribution is 5.81. The molecule has 0 bridgehead atoms. The first-order valence-electron chi connectivity index (χ1n) is 6.00. The Bertz CT molecular complexity index is 252. The van der Waals surface area contributed by atoms with E-state index in [1.165, 1.54) is 26.4 Å². The summed E-state index contributed by atoms with van der Waals surface area (Å²) in [6.45, 7) is 3.18. The Balaban J connectivity index is 2.09. The molecule has 86 valence electrons. The fourth-order valence-corrected chi connectivity index (χ4v) is 2.87. The van der Waals surface area contributed by atoms with Crippen LogP contribution in [0.4, 0.5) is 0 Å². The Kier molecular flexibility index (Phi) is 2.75. The molecule has 1 unspecified atom stereocenters. The number of carbonyl (C=O) groups excluding carboxylic acids is 1. The van der Waals surface area contributed by atoms with Gasteiger partial charge >= 0.3 is 5.97 Å². The Morgan fingerprint density at radius 2 is 2.13 bits per heavy atom. The molecule has 3 heteroatoms. The van der Waals surface area contributed by atoms with Crippen LogP contribution < -0.4 is 5.32 Å². The summed E-state index contributed by atoms with van der Waals surface area (Å²) < 4.78 is 4.95. The van der Waals surface area contributed by atoms with Crippen molar-refractivity contribution in [3.05, 3.63) is 0 Å². The van der Waals surface area contributed by atoms with Gasteiger partial charge in [0.15, 0.2) is 0 Å². The summed E-state index contributed by atoms with van der Waals surface area (Å²) in [6, 6.07) is 0. The molecule has 1 saturated carbocycles. The first kappa shape index (κ1) is 10.9. The summed E-state index contributed by atoms with van der Waals surface area (Å²) in [7, 11) is 1.50. The van der Waals surface area contributed by atoms with Gasteiger partial charge in [-0.3, -0.25) is 4.79 Å². The number of nitrogens with one attached hydrogen (secondary N) is 1. The van der Waals surface area contributed by atoms with E-state index in [9.17, 15) is 4.79 Å². The summed E-state index contributed by atoms with van der Waals surface area (Å²) in [5, 5.41) is 3.38. The molecule has 0 spiro atoms. The van der Waals surface area contributed by atoms with Crippen molar-refractivity contribution in [2.45, 2.75) is 51.0 Å². The van der Waals surface area contributed by atoms with E-state index in [4.69, 9.17) is 4.74 Å². The van der Waals surface area contributed by atoms with Gasteiger partial charge in [0, 0.05) is 0 Å². The zero-order valence-electron chi connectivity index (χ0n) is 9.77. The molecule has 0 aromatic rings.